The summed E-state index contributed by atoms with van der Waals surface area (Å²) < 4.78 is 0. The Labute approximate surface area is 243 Å². The van der Waals surface area contributed by atoms with Crippen LogP contribution in [0.25, 0.3) is 0 Å². The van der Waals surface area contributed by atoms with E-state index in [0.29, 0.717) is 0 Å². The molecule has 0 N–H and O–H groups in total. The van der Waals surface area contributed by atoms with Crippen LogP contribution in [0.15, 0.2) is 12.1 Å². The molecule has 1 aromatic rings. The molecule has 2 heterocycles. The summed E-state index contributed by atoms with van der Waals surface area (Å²) in [4.78, 5) is 0. The van der Waals surface area contributed by atoms with Crippen LogP contribution >= 0.6 is 0 Å². The van der Waals surface area contributed by atoms with Crippen molar-refractivity contribution >= 4 is 53.0 Å². The average Bonchev–Trinajstić information content (AvgIpc) is 3.33. The third-order valence-electron chi connectivity index (χ3n) is 13.2. The summed E-state index contributed by atoms with van der Waals surface area (Å²) in [6, 6.07) is 18.2. The number of benzene rings is 1. The lowest BCUT2D eigenvalue weighted by atomic mass is 10.2. The molecule has 2 aliphatic rings. The fourth-order valence-electron chi connectivity index (χ4n) is 10.9. The normalized spacial score (nSPS) is 21.1. The van der Waals surface area contributed by atoms with Crippen LogP contribution in [0.1, 0.15) is 121 Å². The molecule has 0 radical (unpaired) electrons. The molecule has 0 aliphatic carbocycles. The van der Waals surface area contributed by atoms with Crippen LogP contribution < -0.4 is 20.7 Å². The van der Waals surface area contributed by atoms with E-state index in [2.05, 4.69) is 102 Å². The second kappa shape index (κ2) is 13.4. The fraction of sp³-hybridized carbons (Fsp3) is 0.824. The average molecular weight is 587 g/mol. The summed E-state index contributed by atoms with van der Waals surface area (Å²) in [7, 11) is -6.04. The zero-order valence-corrected chi connectivity index (χ0v) is 31.6. The molecule has 1 aromatic carbocycles. The lowest BCUT2D eigenvalue weighted by molar-refractivity contribution is 0.673. The first kappa shape index (κ1) is 32.6. The van der Waals surface area contributed by atoms with E-state index < -0.39 is 32.3 Å². The zero-order valence-electron chi connectivity index (χ0n) is 27.6. The molecule has 218 valence electrons. The molecule has 3 rings (SSSR count). The van der Waals surface area contributed by atoms with Crippen LogP contribution in [0.3, 0.4) is 0 Å². The summed E-state index contributed by atoms with van der Waals surface area (Å²) in [5.74, 6) is 0. The van der Waals surface area contributed by atoms with E-state index in [-0.39, 0.29) is 0 Å². The highest BCUT2D eigenvalue weighted by Crippen LogP contribution is 2.51. The molecule has 0 saturated carbocycles. The molecule has 0 aromatic heterocycles. The smallest absolute Gasteiger partial charge is 0.0675 e. The molecular weight excluding hydrogens is 521 g/mol. The van der Waals surface area contributed by atoms with Gasteiger partial charge in [0.1, 0.15) is 0 Å². The third kappa shape index (κ3) is 4.62. The van der Waals surface area contributed by atoms with Crippen molar-refractivity contribution in [2.75, 3.05) is 0 Å². The highest BCUT2D eigenvalue weighted by atomic mass is 28.4. The molecule has 0 atom stereocenters. The summed E-state index contributed by atoms with van der Waals surface area (Å²) in [5, 5.41) is 10.4. The Morgan fingerprint density at radius 2 is 0.632 bits per heavy atom. The van der Waals surface area contributed by atoms with Crippen molar-refractivity contribution < 1.29 is 0 Å². The van der Waals surface area contributed by atoms with Gasteiger partial charge in [-0.2, -0.15) is 0 Å². The Kier molecular flexibility index (Phi) is 11.5. The van der Waals surface area contributed by atoms with E-state index in [1.165, 1.54) is 86.9 Å². The number of fused-ring (bicyclic) bond motifs is 2. The van der Waals surface area contributed by atoms with Crippen LogP contribution in [-0.2, 0) is 0 Å². The van der Waals surface area contributed by atoms with Crippen LogP contribution in [0.5, 0.6) is 0 Å². The lowest BCUT2D eigenvalue weighted by Gasteiger charge is -2.42. The molecule has 0 nitrogen and oxygen atoms in total. The maximum Gasteiger partial charge on any atom is 0.0868 e. The van der Waals surface area contributed by atoms with Crippen molar-refractivity contribution in [3.63, 3.8) is 0 Å². The first-order valence-corrected chi connectivity index (χ1v) is 27.5. The minimum Gasteiger partial charge on any atom is -0.0675 e. The number of unbranched alkanes of at least 4 members (excludes halogenated alkanes) is 4. The lowest BCUT2D eigenvalue weighted by Crippen LogP contribution is -2.58. The van der Waals surface area contributed by atoms with Crippen LogP contribution in [-0.4, -0.2) is 32.3 Å². The molecule has 0 saturated heterocycles. The highest BCUT2D eigenvalue weighted by molar-refractivity contribution is 7.20. The molecule has 0 spiro atoms. The Morgan fingerprint density at radius 3 is 0.816 bits per heavy atom. The first-order chi connectivity index (χ1) is 18.3. The number of hydrogen-bond donors (Lipinski definition) is 0. The SMILES string of the molecule is CCCCCC1[Si](CC)(CC)c2cc3c(cc2[Si]1(CC)CC)[Si](CC)(CC)C(CCCCC)[Si]3(CC)CC. The molecule has 0 amide bonds. The van der Waals surface area contributed by atoms with E-state index in [1.54, 1.807) is 12.8 Å². The second-order valence-corrected chi connectivity index (χ2v) is 34.5. The third-order valence-corrected chi connectivity index (χ3v) is 42.9. The summed E-state index contributed by atoms with van der Waals surface area (Å²) in [6.45, 7) is 25.8. The highest BCUT2D eigenvalue weighted by Gasteiger charge is 2.63. The summed E-state index contributed by atoms with van der Waals surface area (Å²) in [5.41, 5.74) is 0. The van der Waals surface area contributed by atoms with E-state index in [1.807, 2.05) is 0 Å². The Hall–Kier alpha value is 0.0875. The van der Waals surface area contributed by atoms with Gasteiger partial charge in [0.2, 0.25) is 0 Å². The Morgan fingerprint density at radius 1 is 0.395 bits per heavy atom. The molecule has 0 bridgehead atoms. The first-order valence-electron chi connectivity index (χ1n) is 17.5. The van der Waals surface area contributed by atoms with Crippen LogP contribution in [0, 0.1) is 0 Å². The molecule has 4 heteroatoms. The number of rotatable bonds is 16. The van der Waals surface area contributed by atoms with Gasteiger partial charge in [-0.25, -0.2) is 0 Å². The largest absolute Gasteiger partial charge is 0.0868 e. The van der Waals surface area contributed by atoms with E-state index in [4.69, 9.17) is 0 Å². The van der Waals surface area contributed by atoms with Crippen molar-refractivity contribution in [3.8, 4) is 0 Å². The van der Waals surface area contributed by atoms with Gasteiger partial charge in [-0.3, -0.25) is 0 Å². The second-order valence-electron chi connectivity index (χ2n) is 13.5. The summed E-state index contributed by atoms with van der Waals surface area (Å²) in [6.07, 6.45) is 11.7. The van der Waals surface area contributed by atoms with E-state index >= 15 is 0 Å². The maximum atomic E-state index is 3.09. The zero-order chi connectivity index (χ0) is 28.2. The molecular formula is C34H66Si4. The van der Waals surface area contributed by atoms with E-state index in [0.717, 1.165) is 10.3 Å². The Balaban J connectivity index is 2.37. The predicted octanol–water partition coefficient (Wildman–Crippen LogP) is 9.48. The van der Waals surface area contributed by atoms with Gasteiger partial charge in [-0.05, 0) is 10.3 Å². The van der Waals surface area contributed by atoms with Crippen molar-refractivity contribution in [1.82, 2.24) is 0 Å². The van der Waals surface area contributed by atoms with Crippen LogP contribution in [0.4, 0.5) is 0 Å². The van der Waals surface area contributed by atoms with Gasteiger partial charge in [-0.1, -0.05) is 202 Å². The minimum absolute atomic E-state index is 1.10. The van der Waals surface area contributed by atoms with Gasteiger partial charge in [0, 0.05) is 0 Å². The molecule has 0 fully saturated rings. The Bertz CT molecular complexity index is 758. The predicted molar refractivity (Wildman–Crippen MR) is 188 cm³/mol. The molecule has 2 aliphatic heterocycles. The standard InChI is InChI=1S/C34H66Si4/c1-11-21-23-25-33-35(13-3,14-4)29-27-31-32(28-30(29)36(33,15-5)16-6)38(19-9,20-10)34(26-24-22-12-2)37(31,17-7)18-8/h27-28,33-34H,11-26H2,1-10H3. The van der Waals surface area contributed by atoms with Gasteiger partial charge in [-0.15, -0.1) is 0 Å². The van der Waals surface area contributed by atoms with Gasteiger partial charge < -0.3 is 0 Å². The van der Waals surface area contributed by atoms with Crippen molar-refractivity contribution in [2.45, 2.75) is 179 Å². The topological polar surface area (TPSA) is 0 Å². The minimum atomic E-state index is -1.51. The van der Waals surface area contributed by atoms with Gasteiger partial charge in [0.15, 0.2) is 0 Å². The maximum absolute atomic E-state index is 3.09. The van der Waals surface area contributed by atoms with E-state index in [9.17, 15) is 0 Å². The summed E-state index contributed by atoms with van der Waals surface area (Å²) >= 11 is 0. The quantitative estimate of drug-likeness (QED) is 0.134. The fourth-order valence-corrected chi connectivity index (χ4v) is 47.0. The van der Waals surface area contributed by atoms with Crippen molar-refractivity contribution in [2.24, 2.45) is 0 Å². The van der Waals surface area contributed by atoms with Crippen LogP contribution in [0.2, 0.25) is 58.7 Å². The van der Waals surface area contributed by atoms with Gasteiger partial charge in [0.25, 0.3) is 0 Å². The molecule has 0 unspecified atom stereocenters. The van der Waals surface area contributed by atoms with Gasteiger partial charge >= 0.3 is 0 Å². The van der Waals surface area contributed by atoms with Crippen molar-refractivity contribution in [1.29, 1.82) is 0 Å². The monoisotopic (exact) mass is 586 g/mol. The number of hydrogen-bond acceptors (Lipinski definition) is 0. The molecule has 38 heavy (non-hydrogen) atoms. The van der Waals surface area contributed by atoms with Crippen molar-refractivity contribution in [3.05, 3.63) is 12.1 Å². The van der Waals surface area contributed by atoms with Gasteiger partial charge in [0.05, 0.1) is 32.3 Å².